The van der Waals surface area contributed by atoms with Crippen molar-refractivity contribution in [3.05, 3.63) is 35.0 Å². The molecule has 3 amide bonds. The lowest BCUT2D eigenvalue weighted by atomic mass is 10.2. The van der Waals surface area contributed by atoms with Crippen LogP contribution in [0.3, 0.4) is 0 Å². The smallest absolute Gasteiger partial charge is 0.318 e. The molecule has 0 unspecified atom stereocenters. The van der Waals surface area contributed by atoms with Gasteiger partial charge in [0.2, 0.25) is 5.91 Å². The summed E-state index contributed by atoms with van der Waals surface area (Å²) in [6, 6.07) is 7.13. The maximum Gasteiger partial charge on any atom is 0.318 e. The third kappa shape index (κ3) is 3.69. The molecule has 0 aliphatic rings. The van der Waals surface area contributed by atoms with Gasteiger partial charge >= 0.3 is 6.03 Å². The molecule has 0 radical (unpaired) electrons. The second-order valence-electron chi connectivity index (χ2n) is 4.83. The Bertz CT molecular complexity index is 789. The van der Waals surface area contributed by atoms with Crippen molar-refractivity contribution >= 4 is 46.4 Å². The summed E-state index contributed by atoms with van der Waals surface area (Å²) in [5, 5.41) is 6.20. The van der Waals surface area contributed by atoms with Crippen LogP contribution >= 0.6 is 34.4 Å². The van der Waals surface area contributed by atoms with Gasteiger partial charge in [-0.2, -0.15) is 0 Å². The average Bonchev–Trinajstić information content (AvgIpc) is 3.27. The lowest BCUT2D eigenvalue weighted by molar-refractivity contribution is -0.119. The van der Waals surface area contributed by atoms with E-state index in [0.29, 0.717) is 5.16 Å². The summed E-state index contributed by atoms with van der Waals surface area (Å²) in [5.41, 5.74) is 6.77. The topological polar surface area (TPSA) is 101 Å². The summed E-state index contributed by atoms with van der Waals surface area (Å²) in [7, 11) is 0. The number of nitrogens with zero attached hydrogens (tertiary/aromatic N) is 1. The SMILES string of the molecule is C[C@@H](Sc1nc(-c2cccs2)c(-c2cccs2)[nH]1)C(=O)NC(N)=O. The number of nitrogens with one attached hydrogen (secondary N) is 2. The van der Waals surface area contributed by atoms with Crippen molar-refractivity contribution in [3.63, 3.8) is 0 Å². The van der Waals surface area contributed by atoms with Crippen LogP contribution in [0.5, 0.6) is 0 Å². The lowest BCUT2D eigenvalue weighted by Crippen LogP contribution is -2.39. The zero-order valence-electron chi connectivity index (χ0n) is 12.6. The summed E-state index contributed by atoms with van der Waals surface area (Å²) in [4.78, 5) is 32.7. The summed E-state index contributed by atoms with van der Waals surface area (Å²) in [5.74, 6) is -0.445. The Balaban J connectivity index is 1.89. The second kappa shape index (κ2) is 7.20. The van der Waals surface area contributed by atoms with Crippen molar-refractivity contribution in [1.29, 1.82) is 0 Å². The molecule has 3 rings (SSSR count). The van der Waals surface area contributed by atoms with Crippen LogP contribution < -0.4 is 11.1 Å². The van der Waals surface area contributed by atoms with Gasteiger partial charge < -0.3 is 10.7 Å². The number of thiophene rings is 2. The maximum absolute atomic E-state index is 11.8. The highest BCUT2D eigenvalue weighted by molar-refractivity contribution is 8.00. The van der Waals surface area contributed by atoms with Gasteiger partial charge in [-0.1, -0.05) is 23.9 Å². The second-order valence-corrected chi connectivity index (χ2v) is 8.06. The molecule has 4 N–H and O–H groups in total. The highest BCUT2D eigenvalue weighted by Gasteiger charge is 2.21. The third-order valence-corrected chi connectivity index (χ3v) is 5.86. The first-order valence-electron chi connectivity index (χ1n) is 6.99. The number of aromatic nitrogens is 2. The van der Waals surface area contributed by atoms with Gasteiger partial charge in [-0.15, -0.1) is 22.7 Å². The lowest BCUT2D eigenvalue weighted by Gasteiger charge is -2.07. The molecule has 1 atom stereocenters. The Morgan fingerprint density at radius 3 is 2.50 bits per heavy atom. The molecule has 9 heteroatoms. The van der Waals surface area contributed by atoms with Crippen molar-refractivity contribution in [2.24, 2.45) is 5.73 Å². The first-order chi connectivity index (χ1) is 11.5. The van der Waals surface area contributed by atoms with E-state index in [9.17, 15) is 9.59 Å². The number of rotatable bonds is 5. The fraction of sp³-hybridized carbons (Fsp3) is 0.133. The van der Waals surface area contributed by atoms with Crippen molar-refractivity contribution < 1.29 is 9.59 Å². The van der Waals surface area contributed by atoms with Crippen molar-refractivity contribution in [3.8, 4) is 21.1 Å². The number of hydrogen-bond acceptors (Lipinski definition) is 6. The number of amides is 3. The summed E-state index contributed by atoms with van der Waals surface area (Å²) in [6.07, 6.45) is 0. The standard InChI is InChI=1S/C15H14N4O2S3/c1-8(13(20)19-14(16)21)24-15-17-11(9-4-2-6-22-9)12(18-15)10-5-3-7-23-10/h2-8H,1H3,(H,17,18)(H3,16,19,20,21)/t8-/m1/s1. The molecular weight excluding hydrogens is 364 g/mol. The van der Waals surface area contributed by atoms with E-state index in [-0.39, 0.29) is 0 Å². The summed E-state index contributed by atoms with van der Waals surface area (Å²) >= 11 is 4.47. The highest BCUT2D eigenvalue weighted by Crippen LogP contribution is 2.37. The Kier molecular flexibility index (Phi) is 5.03. The summed E-state index contributed by atoms with van der Waals surface area (Å²) in [6.45, 7) is 1.70. The Hall–Kier alpha value is -2.10. The zero-order valence-corrected chi connectivity index (χ0v) is 15.1. The van der Waals surface area contributed by atoms with E-state index in [2.05, 4.69) is 15.3 Å². The Morgan fingerprint density at radius 2 is 1.92 bits per heavy atom. The van der Waals surface area contributed by atoms with Crippen LogP contribution in [-0.2, 0) is 4.79 Å². The van der Waals surface area contributed by atoms with Gasteiger partial charge in [0, 0.05) is 0 Å². The number of carbonyl (C=O) groups is 2. The Labute approximate surface area is 150 Å². The largest absolute Gasteiger partial charge is 0.351 e. The number of urea groups is 1. The third-order valence-electron chi connectivity index (χ3n) is 3.11. The van der Waals surface area contributed by atoms with E-state index >= 15 is 0 Å². The molecule has 0 aliphatic carbocycles. The molecule has 3 aromatic heterocycles. The number of nitrogens with two attached hydrogens (primary N) is 1. The normalized spacial score (nSPS) is 12.0. The average molecular weight is 379 g/mol. The molecule has 0 bridgehead atoms. The van der Waals surface area contributed by atoms with E-state index in [1.54, 1.807) is 29.6 Å². The maximum atomic E-state index is 11.8. The molecular formula is C15H14N4O2S3. The van der Waals surface area contributed by atoms with Crippen LogP contribution in [0.15, 0.2) is 40.2 Å². The molecule has 0 aromatic carbocycles. The molecule has 0 saturated carbocycles. The Morgan fingerprint density at radius 1 is 1.25 bits per heavy atom. The van der Waals surface area contributed by atoms with Gasteiger partial charge in [0.05, 0.1) is 20.7 Å². The quantitative estimate of drug-likeness (QED) is 0.591. The van der Waals surface area contributed by atoms with E-state index in [1.165, 1.54) is 11.8 Å². The van der Waals surface area contributed by atoms with E-state index in [1.807, 2.05) is 35.0 Å². The van der Waals surface area contributed by atoms with Crippen LogP contribution in [0.2, 0.25) is 0 Å². The molecule has 3 heterocycles. The fourth-order valence-electron chi connectivity index (χ4n) is 2.04. The molecule has 6 nitrogen and oxygen atoms in total. The number of carbonyl (C=O) groups excluding carboxylic acids is 2. The zero-order chi connectivity index (χ0) is 17.1. The first kappa shape index (κ1) is 16.7. The first-order valence-corrected chi connectivity index (χ1v) is 9.63. The van der Waals surface area contributed by atoms with Gasteiger partial charge in [-0.05, 0) is 29.8 Å². The summed E-state index contributed by atoms with van der Waals surface area (Å²) < 4.78 is 0. The van der Waals surface area contributed by atoms with Gasteiger partial charge in [-0.25, -0.2) is 9.78 Å². The number of H-pyrrole nitrogens is 1. The number of primary amides is 1. The van der Waals surface area contributed by atoms with Crippen LogP contribution in [0.25, 0.3) is 21.1 Å². The molecule has 0 spiro atoms. The minimum Gasteiger partial charge on any atom is -0.351 e. The molecule has 124 valence electrons. The van der Waals surface area contributed by atoms with Gasteiger partial charge in [0.25, 0.3) is 0 Å². The van der Waals surface area contributed by atoms with Crippen LogP contribution in [0.4, 0.5) is 4.79 Å². The van der Waals surface area contributed by atoms with Crippen LogP contribution in [0.1, 0.15) is 6.92 Å². The van der Waals surface area contributed by atoms with Crippen molar-refractivity contribution in [2.45, 2.75) is 17.3 Å². The monoisotopic (exact) mass is 378 g/mol. The van der Waals surface area contributed by atoms with Crippen molar-refractivity contribution in [2.75, 3.05) is 0 Å². The predicted octanol–water partition coefficient (Wildman–Crippen LogP) is 3.54. The molecule has 0 fully saturated rings. The molecule has 3 aromatic rings. The molecule has 0 saturated heterocycles. The molecule has 24 heavy (non-hydrogen) atoms. The van der Waals surface area contributed by atoms with Crippen LogP contribution in [0, 0.1) is 0 Å². The van der Waals surface area contributed by atoms with Gasteiger partial charge in [0.15, 0.2) is 5.16 Å². The highest BCUT2D eigenvalue weighted by atomic mass is 32.2. The number of imidazole rings is 1. The predicted molar refractivity (Wildman–Crippen MR) is 98.3 cm³/mol. The van der Waals surface area contributed by atoms with E-state index in [0.717, 1.165) is 21.1 Å². The van der Waals surface area contributed by atoms with Crippen molar-refractivity contribution in [1.82, 2.24) is 15.3 Å². The van der Waals surface area contributed by atoms with E-state index in [4.69, 9.17) is 5.73 Å². The number of thioether (sulfide) groups is 1. The minimum absolute atomic E-state index is 0.445. The minimum atomic E-state index is -0.856. The number of imide groups is 1. The fourth-order valence-corrected chi connectivity index (χ4v) is 4.29. The number of aromatic amines is 1. The van der Waals surface area contributed by atoms with E-state index < -0.39 is 17.2 Å². The van der Waals surface area contributed by atoms with Gasteiger partial charge in [0.1, 0.15) is 5.69 Å². The van der Waals surface area contributed by atoms with Crippen LogP contribution in [-0.4, -0.2) is 27.2 Å². The van der Waals surface area contributed by atoms with Gasteiger partial charge in [-0.3, -0.25) is 10.1 Å². The number of hydrogen-bond donors (Lipinski definition) is 3. The molecule has 0 aliphatic heterocycles.